The highest BCUT2D eigenvalue weighted by Crippen LogP contribution is 2.25. The van der Waals surface area contributed by atoms with E-state index in [1.54, 1.807) is 37.1 Å². The number of nitrogens with zero attached hydrogens (tertiary/aromatic N) is 3. The maximum absolute atomic E-state index is 14.4. The lowest BCUT2D eigenvalue weighted by atomic mass is 10.0. The van der Waals surface area contributed by atoms with Crippen LogP contribution in [0.25, 0.3) is 11.3 Å². The average molecular weight is 386 g/mol. The molecule has 1 aromatic heterocycles. The second kappa shape index (κ2) is 9.39. The van der Waals surface area contributed by atoms with E-state index in [4.69, 9.17) is 0 Å². The predicted octanol–water partition coefficient (Wildman–Crippen LogP) is 3.46. The molecule has 1 N–H and O–H groups in total. The molecule has 28 heavy (non-hydrogen) atoms. The van der Waals surface area contributed by atoms with Crippen molar-refractivity contribution in [3.8, 4) is 11.3 Å². The first-order valence-electron chi connectivity index (χ1n) is 9.42. The summed E-state index contributed by atoms with van der Waals surface area (Å²) in [7, 11) is 1.72. The number of aromatic nitrogens is 2. The van der Waals surface area contributed by atoms with E-state index in [0.29, 0.717) is 35.8 Å². The molecule has 0 atom stereocenters. The summed E-state index contributed by atoms with van der Waals surface area (Å²) in [6, 6.07) is 6.01. The van der Waals surface area contributed by atoms with Crippen molar-refractivity contribution in [2.75, 3.05) is 20.1 Å². The van der Waals surface area contributed by atoms with E-state index in [-0.39, 0.29) is 23.1 Å². The van der Waals surface area contributed by atoms with Gasteiger partial charge in [-0.25, -0.2) is 4.39 Å². The number of carbonyl (C=O) groups is 2. The Labute approximate surface area is 165 Å². The van der Waals surface area contributed by atoms with Gasteiger partial charge >= 0.3 is 0 Å². The second-order valence-electron chi connectivity index (χ2n) is 7.27. The minimum Gasteiger partial charge on any atom is -0.352 e. The summed E-state index contributed by atoms with van der Waals surface area (Å²) in [6.45, 7) is 8.75. The molecule has 150 valence electrons. The fraction of sp³-hybridized carbons (Fsp3) is 0.429. The van der Waals surface area contributed by atoms with Gasteiger partial charge in [0.15, 0.2) is 5.69 Å². The van der Waals surface area contributed by atoms with E-state index in [9.17, 15) is 14.0 Å². The Balaban J connectivity index is 2.31. The lowest BCUT2D eigenvalue weighted by Gasteiger charge is -2.18. The predicted molar refractivity (Wildman–Crippen MR) is 107 cm³/mol. The van der Waals surface area contributed by atoms with E-state index >= 15 is 0 Å². The average Bonchev–Trinajstić information content (AvgIpc) is 2.67. The molecule has 6 nitrogen and oxygen atoms in total. The van der Waals surface area contributed by atoms with Gasteiger partial charge in [-0.2, -0.15) is 0 Å². The molecule has 0 fully saturated rings. The van der Waals surface area contributed by atoms with Gasteiger partial charge in [0.2, 0.25) is 0 Å². The number of nitrogens with one attached hydrogen (secondary N) is 1. The van der Waals surface area contributed by atoms with Crippen LogP contribution in [0, 0.1) is 18.7 Å². The number of hydrogen-bond acceptors (Lipinski definition) is 4. The maximum atomic E-state index is 14.4. The molecule has 0 aliphatic rings. The van der Waals surface area contributed by atoms with Crippen molar-refractivity contribution in [3.05, 3.63) is 46.9 Å². The fourth-order valence-electron chi connectivity index (χ4n) is 2.83. The van der Waals surface area contributed by atoms with Gasteiger partial charge < -0.3 is 10.2 Å². The van der Waals surface area contributed by atoms with Crippen LogP contribution in [-0.2, 0) is 0 Å². The summed E-state index contributed by atoms with van der Waals surface area (Å²) in [5.41, 5.74) is 1.71. The highest BCUT2D eigenvalue weighted by Gasteiger charge is 2.17. The van der Waals surface area contributed by atoms with Gasteiger partial charge in [0.05, 0.1) is 5.69 Å². The molecule has 0 unspecified atom stereocenters. The monoisotopic (exact) mass is 386 g/mol. The molecule has 1 aromatic carbocycles. The Hall–Kier alpha value is -2.83. The Morgan fingerprint density at radius 3 is 2.50 bits per heavy atom. The third kappa shape index (κ3) is 5.12. The minimum atomic E-state index is -0.488. The summed E-state index contributed by atoms with van der Waals surface area (Å²) in [4.78, 5) is 26.2. The van der Waals surface area contributed by atoms with Crippen LogP contribution in [0.3, 0.4) is 0 Å². The molecule has 1 heterocycles. The van der Waals surface area contributed by atoms with Gasteiger partial charge in [0.1, 0.15) is 5.82 Å². The number of benzene rings is 1. The van der Waals surface area contributed by atoms with E-state index in [1.165, 1.54) is 6.07 Å². The van der Waals surface area contributed by atoms with Gasteiger partial charge in [-0.05, 0) is 49.1 Å². The summed E-state index contributed by atoms with van der Waals surface area (Å²) >= 11 is 0. The molecule has 0 bridgehead atoms. The van der Waals surface area contributed by atoms with E-state index < -0.39 is 5.82 Å². The highest BCUT2D eigenvalue weighted by molar-refractivity contribution is 5.96. The number of amides is 2. The summed E-state index contributed by atoms with van der Waals surface area (Å²) in [5, 5.41) is 10.8. The Kier molecular flexibility index (Phi) is 7.20. The molecule has 7 heteroatoms. The first kappa shape index (κ1) is 21.5. The zero-order chi connectivity index (χ0) is 20.8. The highest BCUT2D eigenvalue weighted by atomic mass is 19.1. The second-order valence-corrected chi connectivity index (χ2v) is 7.27. The van der Waals surface area contributed by atoms with Crippen molar-refractivity contribution in [2.45, 2.75) is 34.1 Å². The van der Waals surface area contributed by atoms with E-state index in [1.807, 2.05) is 20.8 Å². The van der Waals surface area contributed by atoms with Gasteiger partial charge in [-0.1, -0.05) is 20.8 Å². The minimum absolute atomic E-state index is 0.219. The van der Waals surface area contributed by atoms with Crippen molar-refractivity contribution in [2.24, 2.45) is 5.92 Å². The Bertz CT molecular complexity index is 850. The number of carbonyl (C=O) groups excluding carboxylic acids is 2. The van der Waals surface area contributed by atoms with Crippen molar-refractivity contribution < 1.29 is 14.0 Å². The topological polar surface area (TPSA) is 75.2 Å². The van der Waals surface area contributed by atoms with E-state index in [0.717, 1.165) is 6.42 Å². The molecule has 2 rings (SSSR count). The Morgan fingerprint density at radius 1 is 1.21 bits per heavy atom. The van der Waals surface area contributed by atoms with Crippen LogP contribution in [0.2, 0.25) is 0 Å². The van der Waals surface area contributed by atoms with Crippen LogP contribution in [-0.4, -0.2) is 47.0 Å². The molecule has 0 saturated carbocycles. The third-order valence-corrected chi connectivity index (χ3v) is 4.29. The van der Waals surface area contributed by atoms with Crippen LogP contribution in [0.1, 0.15) is 53.6 Å². The molecule has 0 saturated heterocycles. The van der Waals surface area contributed by atoms with Crippen molar-refractivity contribution in [1.82, 2.24) is 20.4 Å². The zero-order valence-electron chi connectivity index (χ0n) is 17.0. The smallest absolute Gasteiger partial charge is 0.274 e. The number of rotatable bonds is 7. The third-order valence-electron chi connectivity index (χ3n) is 4.29. The van der Waals surface area contributed by atoms with Crippen molar-refractivity contribution in [3.63, 3.8) is 0 Å². The van der Waals surface area contributed by atoms with Crippen LogP contribution >= 0.6 is 0 Å². The SMILES string of the molecule is CCCNC(=O)c1cc(F)c(C)c(-c2ccc(C(=O)N(C)CC(C)C)nn2)c1. The number of halogens is 1. The molecular formula is C21H27FN4O2. The summed E-state index contributed by atoms with van der Waals surface area (Å²) < 4.78 is 14.4. The molecule has 0 aliphatic heterocycles. The molecule has 0 aliphatic carbocycles. The lowest BCUT2D eigenvalue weighted by molar-refractivity contribution is 0.0772. The molecule has 2 amide bonds. The fourth-order valence-corrected chi connectivity index (χ4v) is 2.83. The summed E-state index contributed by atoms with van der Waals surface area (Å²) in [5.74, 6) is -0.702. The van der Waals surface area contributed by atoms with Crippen molar-refractivity contribution >= 4 is 11.8 Å². The largest absolute Gasteiger partial charge is 0.352 e. The molecule has 0 radical (unpaired) electrons. The van der Waals surface area contributed by atoms with Gasteiger partial charge in [-0.3, -0.25) is 9.59 Å². The van der Waals surface area contributed by atoms with Gasteiger partial charge in [-0.15, -0.1) is 10.2 Å². The lowest BCUT2D eigenvalue weighted by Crippen LogP contribution is -2.31. The van der Waals surface area contributed by atoms with E-state index in [2.05, 4.69) is 15.5 Å². The van der Waals surface area contributed by atoms with Gasteiger partial charge in [0.25, 0.3) is 11.8 Å². The molecule has 2 aromatic rings. The maximum Gasteiger partial charge on any atom is 0.274 e. The zero-order valence-corrected chi connectivity index (χ0v) is 17.0. The molecular weight excluding hydrogens is 359 g/mol. The quantitative estimate of drug-likeness (QED) is 0.791. The summed E-state index contributed by atoms with van der Waals surface area (Å²) in [6.07, 6.45) is 0.791. The normalized spacial score (nSPS) is 10.8. The first-order chi connectivity index (χ1) is 13.2. The number of hydrogen-bond donors (Lipinski definition) is 1. The van der Waals surface area contributed by atoms with Crippen LogP contribution in [0.5, 0.6) is 0 Å². The Morgan fingerprint density at radius 2 is 1.93 bits per heavy atom. The van der Waals surface area contributed by atoms with Crippen molar-refractivity contribution in [1.29, 1.82) is 0 Å². The molecule has 0 spiro atoms. The van der Waals surface area contributed by atoms with Crippen LogP contribution in [0.4, 0.5) is 4.39 Å². The standard InChI is InChI=1S/C21H27FN4O2/c1-6-9-23-20(27)15-10-16(14(4)17(22)11-15)18-7-8-19(25-24-18)21(28)26(5)12-13(2)3/h7-8,10-11,13H,6,9,12H2,1-5H3,(H,23,27). The first-order valence-corrected chi connectivity index (χ1v) is 9.42. The van der Waals surface area contributed by atoms with Crippen LogP contribution < -0.4 is 5.32 Å². The van der Waals surface area contributed by atoms with Gasteiger partial charge in [0, 0.05) is 31.3 Å². The van der Waals surface area contributed by atoms with Crippen LogP contribution in [0.15, 0.2) is 24.3 Å².